The number of amides is 1. The van der Waals surface area contributed by atoms with E-state index in [2.05, 4.69) is 38.7 Å². The highest BCUT2D eigenvalue weighted by Gasteiger charge is 2.19. The van der Waals surface area contributed by atoms with Crippen molar-refractivity contribution in [2.45, 2.75) is 25.4 Å². The van der Waals surface area contributed by atoms with Crippen molar-refractivity contribution < 1.29 is 9.53 Å². The molecule has 0 spiro atoms. The topological polar surface area (TPSA) is 66.5 Å². The predicted molar refractivity (Wildman–Crippen MR) is 124 cm³/mol. The minimum Gasteiger partial charge on any atom is -0.497 e. The summed E-state index contributed by atoms with van der Waals surface area (Å²) in [7, 11) is 1.61. The number of hydrogen-bond donors (Lipinski definition) is 2. The maximum atomic E-state index is 12.4. The number of carbonyl (C=O) groups is 1. The molecule has 1 fully saturated rings. The molecule has 1 aliphatic rings. The third kappa shape index (κ3) is 5.61. The number of carbonyl (C=O) groups excluding carboxylic acids is 1. The first-order valence-electron chi connectivity index (χ1n) is 10.6. The molecule has 6 nitrogen and oxygen atoms in total. The molecule has 2 heterocycles. The van der Waals surface area contributed by atoms with E-state index in [1.807, 2.05) is 30.5 Å². The van der Waals surface area contributed by atoms with Crippen molar-refractivity contribution in [1.82, 2.24) is 10.3 Å². The number of benzene rings is 2. The van der Waals surface area contributed by atoms with Gasteiger partial charge in [0.15, 0.2) is 0 Å². The van der Waals surface area contributed by atoms with Gasteiger partial charge in [-0.25, -0.2) is 0 Å². The Morgan fingerprint density at radius 3 is 2.42 bits per heavy atom. The highest BCUT2D eigenvalue weighted by atomic mass is 16.5. The second kappa shape index (κ2) is 10.1. The summed E-state index contributed by atoms with van der Waals surface area (Å²) in [4.78, 5) is 19.2. The van der Waals surface area contributed by atoms with Gasteiger partial charge in [-0.3, -0.25) is 9.78 Å². The molecule has 1 amide bonds. The molecule has 0 bridgehead atoms. The van der Waals surface area contributed by atoms with Gasteiger partial charge in [-0.15, -0.1) is 0 Å². The summed E-state index contributed by atoms with van der Waals surface area (Å²) in [5, 5.41) is 6.57. The van der Waals surface area contributed by atoms with E-state index in [1.165, 1.54) is 5.69 Å². The van der Waals surface area contributed by atoms with Gasteiger partial charge in [0.05, 0.1) is 12.8 Å². The van der Waals surface area contributed by atoms with Crippen molar-refractivity contribution in [2.24, 2.45) is 0 Å². The molecular weight excluding hydrogens is 388 g/mol. The fourth-order valence-electron chi connectivity index (χ4n) is 3.79. The number of rotatable bonds is 7. The molecule has 0 radical (unpaired) electrons. The summed E-state index contributed by atoms with van der Waals surface area (Å²) in [5.41, 5.74) is 3.66. The number of methoxy groups -OCH3 is 1. The minimum absolute atomic E-state index is 0.129. The lowest BCUT2D eigenvalue weighted by Crippen LogP contribution is -2.42. The number of nitrogens with zero attached hydrogens (tertiary/aromatic N) is 2. The van der Waals surface area contributed by atoms with Crippen LogP contribution in [0.2, 0.25) is 0 Å². The zero-order chi connectivity index (χ0) is 21.5. The van der Waals surface area contributed by atoms with Crippen LogP contribution in [0.25, 0.3) is 0 Å². The van der Waals surface area contributed by atoms with Gasteiger partial charge in [0, 0.05) is 48.8 Å². The molecule has 2 aromatic carbocycles. The van der Waals surface area contributed by atoms with Gasteiger partial charge in [-0.05, 0) is 73.5 Å². The predicted octanol–water partition coefficient (Wildman–Crippen LogP) is 4.10. The Labute approximate surface area is 183 Å². The van der Waals surface area contributed by atoms with E-state index in [0.29, 0.717) is 11.6 Å². The summed E-state index contributed by atoms with van der Waals surface area (Å²) < 4.78 is 5.14. The van der Waals surface area contributed by atoms with E-state index in [1.54, 1.807) is 31.4 Å². The third-order valence-electron chi connectivity index (χ3n) is 5.64. The molecule has 1 saturated heterocycles. The van der Waals surface area contributed by atoms with Crippen LogP contribution in [0.1, 0.15) is 28.9 Å². The zero-order valence-electron chi connectivity index (χ0n) is 17.8. The number of pyridine rings is 1. The smallest absolute Gasteiger partial charge is 0.255 e. The Kier molecular flexibility index (Phi) is 6.79. The summed E-state index contributed by atoms with van der Waals surface area (Å²) in [6.45, 7) is 2.84. The summed E-state index contributed by atoms with van der Waals surface area (Å²) >= 11 is 0. The highest BCUT2D eigenvalue weighted by Crippen LogP contribution is 2.23. The van der Waals surface area contributed by atoms with Crippen LogP contribution < -0.4 is 20.3 Å². The van der Waals surface area contributed by atoms with Crippen LogP contribution in [0.4, 0.5) is 11.4 Å². The van der Waals surface area contributed by atoms with Gasteiger partial charge in [0.25, 0.3) is 5.91 Å². The maximum Gasteiger partial charge on any atom is 0.255 e. The quantitative estimate of drug-likeness (QED) is 0.607. The first-order chi connectivity index (χ1) is 15.2. The fraction of sp³-hybridized carbons (Fsp3) is 0.280. The van der Waals surface area contributed by atoms with Gasteiger partial charge < -0.3 is 20.3 Å². The van der Waals surface area contributed by atoms with Crippen LogP contribution in [-0.2, 0) is 6.54 Å². The largest absolute Gasteiger partial charge is 0.497 e. The molecule has 1 aromatic heterocycles. The standard InChI is InChI=1S/C25H28N4O2/c1-31-24-11-5-19(6-12-24)25(30)28-21-7-9-23(10-8-21)29-16-13-20(14-17-29)27-18-22-4-2-3-15-26-22/h2-12,15,20,27H,13-14,16-18H2,1H3,(H,28,30). The third-order valence-corrected chi connectivity index (χ3v) is 5.64. The molecule has 2 N–H and O–H groups in total. The lowest BCUT2D eigenvalue weighted by molar-refractivity contribution is 0.102. The second-order valence-corrected chi connectivity index (χ2v) is 7.69. The lowest BCUT2D eigenvalue weighted by atomic mass is 10.0. The Morgan fingerprint density at radius 2 is 1.77 bits per heavy atom. The zero-order valence-corrected chi connectivity index (χ0v) is 17.8. The normalized spacial score (nSPS) is 14.3. The van der Waals surface area contributed by atoms with Crippen LogP contribution in [0.3, 0.4) is 0 Å². The number of hydrogen-bond acceptors (Lipinski definition) is 5. The van der Waals surface area contributed by atoms with E-state index in [-0.39, 0.29) is 5.91 Å². The summed E-state index contributed by atoms with van der Waals surface area (Å²) in [6.07, 6.45) is 4.04. The van der Waals surface area contributed by atoms with Crippen LogP contribution in [0.5, 0.6) is 5.75 Å². The number of piperidine rings is 1. The molecule has 31 heavy (non-hydrogen) atoms. The lowest BCUT2D eigenvalue weighted by Gasteiger charge is -2.34. The Balaban J connectivity index is 1.26. The summed E-state index contributed by atoms with van der Waals surface area (Å²) in [6, 6.07) is 21.7. The van der Waals surface area contributed by atoms with Gasteiger partial charge in [-0.1, -0.05) is 6.07 Å². The Morgan fingerprint density at radius 1 is 1.03 bits per heavy atom. The number of ether oxygens (including phenoxy) is 1. The molecule has 0 unspecified atom stereocenters. The fourth-order valence-corrected chi connectivity index (χ4v) is 3.79. The average molecular weight is 417 g/mol. The van der Waals surface area contributed by atoms with Crippen molar-refractivity contribution in [1.29, 1.82) is 0 Å². The minimum atomic E-state index is -0.129. The van der Waals surface area contributed by atoms with Crippen LogP contribution in [-0.4, -0.2) is 37.1 Å². The Bertz CT molecular complexity index is 967. The Hall–Kier alpha value is -3.38. The van der Waals surface area contributed by atoms with Crippen LogP contribution >= 0.6 is 0 Å². The van der Waals surface area contributed by atoms with Crippen molar-refractivity contribution >= 4 is 17.3 Å². The molecule has 6 heteroatoms. The summed E-state index contributed by atoms with van der Waals surface area (Å²) in [5.74, 6) is 0.604. The van der Waals surface area contributed by atoms with Gasteiger partial charge in [-0.2, -0.15) is 0 Å². The molecule has 160 valence electrons. The number of anilines is 2. The average Bonchev–Trinajstić information content (AvgIpc) is 2.84. The van der Waals surface area contributed by atoms with Crippen LogP contribution in [0.15, 0.2) is 72.9 Å². The molecule has 1 aliphatic heterocycles. The molecule has 0 atom stereocenters. The van der Waals surface area contributed by atoms with E-state index in [9.17, 15) is 4.79 Å². The molecule has 0 aliphatic carbocycles. The molecular formula is C25H28N4O2. The molecule has 4 rings (SSSR count). The van der Waals surface area contributed by atoms with E-state index >= 15 is 0 Å². The van der Waals surface area contributed by atoms with E-state index < -0.39 is 0 Å². The van der Waals surface area contributed by atoms with Crippen molar-refractivity contribution in [2.75, 3.05) is 30.4 Å². The first-order valence-corrected chi connectivity index (χ1v) is 10.6. The second-order valence-electron chi connectivity index (χ2n) is 7.69. The first kappa shape index (κ1) is 20.9. The van der Waals surface area contributed by atoms with Gasteiger partial charge >= 0.3 is 0 Å². The monoisotopic (exact) mass is 416 g/mol. The van der Waals surface area contributed by atoms with Crippen molar-refractivity contribution in [3.63, 3.8) is 0 Å². The van der Waals surface area contributed by atoms with Gasteiger partial charge in [0.2, 0.25) is 0 Å². The van der Waals surface area contributed by atoms with E-state index in [0.717, 1.165) is 49.6 Å². The maximum absolute atomic E-state index is 12.4. The molecule has 0 saturated carbocycles. The molecule has 3 aromatic rings. The SMILES string of the molecule is COc1ccc(C(=O)Nc2ccc(N3CCC(NCc4ccccn4)CC3)cc2)cc1. The van der Waals surface area contributed by atoms with E-state index in [4.69, 9.17) is 4.74 Å². The number of aromatic nitrogens is 1. The number of nitrogens with one attached hydrogen (secondary N) is 2. The van der Waals surface area contributed by atoms with Crippen LogP contribution in [0, 0.1) is 0 Å². The van der Waals surface area contributed by atoms with Crippen molar-refractivity contribution in [3.05, 3.63) is 84.2 Å². The van der Waals surface area contributed by atoms with Crippen molar-refractivity contribution in [3.8, 4) is 5.75 Å². The highest BCUT2D eigenvalue weighted by molar-refractivity contribution is 6.04. The van der Waals surface area contributed by atoms with Gasteiger partial charge in [0.1, 0.15) is 5.75 Å².